The van der Waals surface area contributed by atoms with Gasteiger partial charge < -0.3 is 9.73 Å². The summed E-state index contributed by atoms with van der Waals surface area (Å²) in [6.07, 6.45) is 0. The first-order chi connectivity index (χ1) is 13.6. The first-order valence-corrected chi connectivity index (χ1v) is 9.21. The third kappa shape index (κ3) is 4.01. The zero-order chi connectivity index (χ0) is 19.5. The number of benzene rings is 3. The van der Waals surface area contributed by atoms with Crippen LogP contribution in [0.15, 0.2) is 77.2 Å². The van der Waals surface area contributed by atoms with Crippen LogP contribution in [-0.4, -0.2) is 10.2 Å². The van der Waals surface area contributed by atoms with Crippen molar-refractivity contribution in [1.29, 1.82) is 0 Å². The molecule has 140 valence electrons. The van der Waals surface area contributed by atoms with Crippen molar-refractivity contribution in [3.63, 3.8) is 0 Å². The Morgan fingerprint density at radius 3 is 2.46 bits per heavy atom. The first kappa shape index (κ1) is 18.5. The summed E-state index contributed by atoms with van der Waals surface area (Å²) in [5.74, 6) is 0.263. The lowest BCUT2D eigenvalue weighted by atomic mass is 10.1. The molecule has 1 atom stereocenters. The predicted octanol–water partition coefficient (Wildman–Crippen LogP) is 6.38. The molecule has 7 heteroatoms. The van der Waals surface area contributed by atoms with Crippen LogP contribution in [0.5, 0.6) is 0 Å². The van der Waals surface area contributed by atoms with Crippen LogP contribution in [0.2, 0.25) is 10.0 Å². The highest BCUT2D eigenvalue weighted by Crippen LogP contribution is 2.31. The molecule has 0 fully saturated rings. The Hall–Kier alpha value is -2.89. The first-order valence-electron chi connectivity index (χ1n) is 8.46. The van der Waals surface area contributed by atoms with Crippen LogP contribution >= 0.6 is 23.2 Å². The molecule has 0 radical (unpaired) electrons. The van der Waals surface area contributed by atoms with Crippen molar-refractivity contribution in [3.05, 3.63) is 100 Å². The Morgan fingerprint density at radius 2 is 1.71 bits per heavy atom. The minimum absolute atomic E-state index is 0.0188. The standard InChI is InChI=1S/C21H14Cl2FN3O/c22-15-8-4-7-14(11-15)19(25-16-9-10-18(24)17(23)12-16)21-27-26-20(28-21)13-5-2-1-3-6-13/h1-12,19,25H/t19-/m0/s1. The van der Waals surface area contributed by atoms with E-state index in [0.717, 1.165) is 11.1 Å². The largest absolute Gasteiger partial charge is 0.418 e. The van der Waals surface area contributed by atoms with Gasteiger partial charge in [-0.25, -0.2) is 4.39 Å². The number of aromatic nitrogens is 2. The van der Waals surface area contributed by atoms with E-state index < -0.39 is 11.9 Å². The second-order valence-corrected chi connectivity index (χ2v) is 6.92. The number of halogens is 3. The Labute approximate surface area is 170 Å². The van der Waals surface area contributed by atoms with Crippen LogP contribution in [0.3, 0.4) is 0 Å². The summed E-state index contributed by atoms with van der Waals surface area (Å²) in [7, 11) is 0. The molecule has 4 nitrogen and oxygen atoms in total. The third-order valence-corrected chi connectivity index (χ3v) is 4.65. The number of hydrogen-bond acceptors (Lipinski definition) is 4. The molecule has 0 spiro atoms. The average molecular weight is 414 g/mol. The van der Waals surface area contributed by atoms with Gasteiger partial charge in [0.25, 0.3) is 0 Å². The SMILES string of the molecule is Fc1ccc(N[C@@H](c2cccc(Cl)c2)c2nnc(-c3ccccc3)o2)cc1Cl. The van der Waals surface area contributed by atoms with Crippen molar-refractivity contribution in [2.45, 2.75) is 6.04 Å². The Morgan fingerprint density at radius 1 is 0.893 bits per heavy atom. The van der Waals surface area contributed by atoms with Gasteiger partial charge in [0.15, 0.2) is 0 Å². The van der Waals surface area contributed by atoms with Crippen molar-refractivity contribution >= 4 is 28.9 Å². The highest BCUT2D eigenvalue weighted by molar-refractivity contribution is 6.31. The maximum atomic E-state index is 13.5. The van der Waals surface area contributed by atoms with E-state index >= 15 is 0 Å². The second kappa shape index (κ2) is 8.00. The minimum Gasteiger partial charge on any atom is -0.418 e. The molecule has 0 aliphatic carbocycles. The monoisotopic (exact) mass is 413 g/mol. The molecule has 28 heavy (non-hydrogen) atoms. The summed E-state index contributed by atoms with van der Waals surface area (Å²) in [6.45, 7) is 0. The summed E-state index contributed by atoms with van der Waals surface area (Å²) in [6, 6.07) is 20.7. The van der Waals surface area contributed by atoms with E-state index in [1.165, 1.54) is 12.1 Å². The Balaban J connectivity index is 1.73. The Bertz CT molecular complexity index is 1100. The fraction of sp³-hybridized carbons (Fsp3) is 0.0476. The summed E-state index contributed by atoms with van der Waals surface area (Å²) in [5, 5.41) is 12.2. The smallest absolute Gasteiger partial charge is 0.247 e. The molecule has 1 heterocycles. The minimum atomic E-state index is -0.495. The van der Waals surface area contributed by atoms with Crippen molar-refractivity contribution < 1.29 is 8.81 Å². The summed E-state index contributed by atoms with van der Waals surface area (Å²) in [4.78, 5) is 0. The lowest BCUT2D eigenvalue weighted by molar-refractivity contribution is 0.494. The van der Waals surface area contributed by atoms with Crippen LogP contribution in [-0.2, 0) is 0 Å². The molecule has 0 aliphatic heterocycles. The van der Waals surface area contributed by atoms with E-state index in [1.54, 1.807) is 18.2 Å². The number of anilines is 1. The molecule has 4 aromatic rings. The highest BCUT2D eigenvalue weighted by Gasteiger charge is 2.22. The summed E-state index contributed by atoms with van der Waals surface area (Å²) >= 11 is 12.1. The highest BCUT2D eigenvalue weighted by atomic mass is 35.5. The quantitative estimate of drug-likeness (QED) is 0.412. The van der Waals surface area contributed by atoms with Gasteiger partial charge >= 0.3 is 0 Å². The van der Waals surface area contributed by atoms with Crippen LogP contribution in [0.25, 0.3) is 11.5 Å². The van der Waals surface area contributed by atoms with E-state index in [0.29, 0.717) is 22.5 Å². The third-order valence-electron chi connectivity index (χ3n) is 4.12. The van der Waals surface area contributed by atoms with Gasteiger partial charge in [0.2, 0.25) is 11.8 Å². The van der Waals surface area contributed by atoms with E-state index in [4.69, 9.17) is 27.6 Å². The molecule has 1 N–H and O–H groups in total. The van der Waals surface area contributed by atoms with Crippen molar-refractivity contribution in [2.75, 3.05) is 5.32 Å². The van der Waals surface area contributed by atoms with Crippen LogP contribution < -0.4 is 5.32 Å². The predicted molar refractivity (Wildman–Crippen MR) is 108 cm³/mol. The number of nitrogens with zero attached hydrogens (tertiary/aromatic N) is 2. The van der Waals surface area contributed by atoms with Gasteiger partial charge in [0.05, 0.1) is 5.02 Å². The molecule has 1 aromatic heterocycles. The van der Waals surface area contributed by atoms with Gasteiger partial charge in [-0.05, 0) is 48.0 Å². The van der Waals surface area contributed by atoms with Crippen LogP contribution in [0, 0.1) is 5.82 Å². The normalized spacial score (nSPS) is 12.0. The van der Waals surface area contributed by atoms with Gasteiger partial charge in [0, 0.05) is 16.3 Å². The van der Waals surface area contributed by atoms with E-state index in [1.807, 2.05) is 42.5 Å². The number of nitrogens with one attached hydrogen (secondary N) is 1. The summed E-state index contributed by atoms with van der Waals surface area (Å²) < 4.78 is 19.4. The van der Waals surface area contributed by atoms with E-state index in [9.17, 15) is 4.39 Å². The van der Waals surface area contributed by atoms with Gasteiger partial charge in [-0.2, -0.15) is 0 Å². The van der Waals surface area contributed by atoms with Crippen molar-refractivity contribution in [1.82, 2.24) is 10.2 Å². The number of hydrogen-bond donors (Lipinski definition) is 1. The topological polar surface area (TPSA) is 51.0 Å². The zero-order valence-corrected chi connectivity index (χ0v) is 16.0. The zero-order valence-electron chi connectivity index (χ0n) is 14.4. The Kier molecular flexibility index (Phi) is 5.28. The van der Waals surface area contributed by atoms with E-state index in [2.05, 4.69) is 15.5 Å². The molecule has 4 rings (SSSR count). The molecular formula is C21H14Cl2FN3O. The van der Waals surface area contributed by atoms with Gasteiger partial charge in [0.1, 0.15) is 11.9 Å². The lowest BCUT2D eigenvalue weighted by Gasteiger charge is -2.17. The van der Waals surface area contributed by atoms with Gasteiger partial charge in [-0.3, -0.25) is 0 Å². The molecule has 0 aliphatic rings. The van der Waals surface area contributed by atoms with Crippen LogP contribution in [0.4, 0.5) is 10.1 Å². The molecule has 0 saturated heterocycles. The fourth-order valence-electron chi connectivity index (χ4n) is 2.77. The molecule has 0 unspecified atom stereocenters. The molecule has 3 aromatic carbocycles. The maximum absolute atomic E-state index is 13.5. The maximum Gasteiger partial charge on any atom is 0.247 e. The van der Waals surface area contributed by atoms with Crippen molar-refractivity contribution in [2.24, 2.45) is 0 Å². The van der Waals surface area contributed by atoms with Crippen LogP contribution in [0.1, 0.15) is 17.5 Å². The second-order valence-electron chi connectivity index (χ2n) is 6.07. The molecule has 0 amide bonds. The number of rotatable bonds is 5. The molecular weight excluding hydrogens is 400 g/mol. The summed E-state index contributed by atoms with van der Waals surface area (Å²) in [5.41, 5.74) is 2.24. The van der Waals surface area contributed by atoms with Gasteiger partial charge in [-0.15, -0.1) is 10.2 Å². The average Bonchev–Trinajstić information content (AvgIpc) is 3.19. The lowest BCUT2D eigenvalue weighted by Crippen LogP contribution is -2.13. The fourth-order valence-corrected chi connectivity index (χ4v) is 3.15. The van der Waals surface area contributed by atoms with Crippen molar-refractivity contribution in [3.8, 4) is 11.5 Å². The van der Waals surface area contributed by atoms with Gasteiger partial charge in [-0.1, -0.05) is 53.5 Å². The van der Waals surface area contributed by atoms with E-state index in [-0.39, 0.29) is 5.02 Å². The molecule has 0 bridgehead atoms. The molecule has 0 saturated carbocycles.